The normalized spacial score (nSPS) is 13.4. The Morgan fingerprint density at radius 2 is 2.14 bits per heavy atom. The molecule has 0 aliphatic rings. The number of unbranched alkanes of at least 4 members (excludes halogenated alkanes) is 1. The number of hydrogen-bond donors (Lipinski definition) is 0. The first kappa shape index (κ1) is 13.8. The van der Waals surface area contributed by atoms with Crippen molar-refractivity contribution >= 4 is 16.9 Å². The smallest absolute Gasteiger partial charge is 0.192 e. The van der Waals surface area contributed by atoms with Gasteiger partial charge in [-0.25, -0.2) is 0 Å². The molecule has 0 unspecified atom stereocenters. The van der Waals surface area contributed by atoms with E-state index in [2.05, 4.69) is 19.9 Å². The summed E-state index contributed by atoms with van der Waals surface area (Å²) in [4.78, 5) is 11.2. The van der Waals surface area contributed by atoms with Gasteiger partial charge in [-0.1, -0.05) is 57.5 Å². The summed E-state index contributed by atoms with van der Waals surface area (Å²) in [7, 11) is 0. The van der Waals surface area contributed by atoms with Crippen LogP contribution in [0.3, 0.4) is 0 Å². The molecule has 0 spiro atoms. The maximum absolute atomic E-state index is 11.2. The van der Waals surface area contributed by atoms with Crippen LogP contribution in [0.25, 0.3) is 0 Å². The molecule has 0 saturated heterocycles. The number of carbonyl (C=O) groups excluding carboxylic acids is 1. The topological polar surface area (TPSA) is 17.1 Å². The van der Waals surface area contributed by atoms with Crippen LogP contribution in [0.2, 0.25) is 0 Å². The van der Waals surface area contributed by atoms with Crippen LogP contribution in [0.15, 0.2) is 12.2 Å². The van der Waals surface area contributed by atoms with E-state index in [1.54, 1.807) is 0 Å². The number of allylic oxidation sites excluding steroid dienone is 2. The molecule has 0 aliphatic carbocycles. The summed E-state index contributed by atoms with van der Waals surface area (Å²) in [5, 5.41) is 0.284. The van der Waals surface area contributed by atoms with Gasteiger partial charge in [0.2, 0.25) is 0 Å². The van der Waals surface area contributed by atoms with E-state index in [1.807, 2.05) is 13.0 Å². The number of carbonyl (C=O) groups is 1. The van der Waals surface area contributed by atoms with E-state index in [1.165, 1.54) is 31.0 Å². The van der Waals surface area contributed by atoms with E-state index in [0.717, 1.165) is 5.75 Å². The minimum atomic E-state index is 0.284. The van der Waals surface area contributed by atoms with Crippen LogP contribution in [0.5, 0.6) is 0 Å². The van der Waals surface area contributed by atoms with Gasteiger partial charge in [-0.3, -0.25) is 4.79 Å². The Morgan fingerprint density at radius 3 is 2.71 bits per heavy atom. The molecule has 2 heteroatoms. The zero-order chi connectivity index (χ0) is 10.8. The third-order valence-electron chi connectivity index (χ3n) is 2.07. The van der Waals surface area contributed by atoms with Crippen LogP contribution in [0.4, 0.5) is 0 Å². The lowest BCUT2D eigenvalue weighted by molar-refractivity contribution is -0.110. The Labute approximate surface area is 92.3 Å². The molecule has 1 nitrogen and oxygen atoms in total. The van der Waals surface area contributed by atoms with Crippen LogP contribution in [-0.2, 0) is 4.79 Å². The van der Waals surface area contributed by atoms with Crippen LogP contribution in [0, 0.1) is 5.92 Å². The fourth-order valence-corrected chi connectivity index (χ4v) is 1.77. The SMILES string of the molecule is CCCC[C@H](C)/C=C/CC(=O)SCC. The van der Waals surface area contributed by atoms with Crippen molar-refractivity contribution in [3.8, 4) is 0 Å². The molecule has 0 bridgehead atoms. The molecule has 0 saturated carbocycles. The third-order valence-corrected chi connectivity index (χ3v) is 2.84. The molecule has 14 heavy (non-hydrogen) atoms. The maximum atomic E-state index is 11.2. The lowest BCUT2D eigenvalue weighted by atomic mass is 10.0. The summed E-state index contributed by atoms with van der Waals surface area (Å²) in [5.74, 6) is 1.51. The average molecular weight is 214 g/mol. The molecule has 0 radical (unpaired) electrons. The first-order chi connectivity index (χ1) is 6.70. The first-order valence-corrected chi connectivity index (χ1v) is 6.51. The number of hydrogen-bond acceptors (Lipinski definition) is 2. The minimum Gasteiger partial charge on any atom is -0.287 e. The molecule has 0 aliphatic heterocycles. The highest BCUT2D eigenvalue weighted by Crippen LogP contribution is 2.10. The van der Waals surface area contributed by atoms with Gasteiger partial charge in [0.05, 0.1) is 0 Å². The van der Waals surface area contributed by atoms with Gasteiger partial charge in [0.15, 0.2) is 5.12 Å². The summed E-state index contributed by atoms with van der Waals surface area (Å²) in [5.41, 5.74) is 0. The van der Waals surface area contributed by atoms with Crippen molar-refractivity contribution in [2.45, 2.75) is 46.5 Å². The summed E-state index contributed by atoms with van der Waals surface area (Å²) in [6, 6.07) is 0. The van der Waals surface area contributed by atoms with E-state index < -0.39 is 0 Å². The molecule has 0 aromatic carbocycles. The van der Waals surface area contributed by atoms with Crippen molar-refractivity contribution in [1.29, 1.82) is 0 Å². The second-order valence-electron chi connectivity index (χ2n) is 3.56. The molecule has 0 aromatic heterocycles. The first-order valence-electron chi connectivity index (χ1n) is 5.53. The van der Waals surface area contributed by atoms with Crippen molar-refractivity contribution in [1.82, 2.24) is 0 Å². The number of thioether (sulfide) groups is 1. The van der Waals surface area contributed by atoms with Gasteiger partial charge < -0.3 is 0 Å². The van der Waals surface area contributed by atoms with E-state index in [0.29, 0.717) is 12.3 Å². The standard InChI is InChI=1S/C12H22OS/c1-4-6-8-11(3)9-7-10-12(13)14-5-2/h7,9,11H,4-6,8,10H2,1-3H3/b9-7+/t11-/m0/s1. The predicted octanol–water partition coefficient (Wildman–Crippen LogP) is 4.04. The molecule has 0 N–H and O–H groups in total. The van der Waals surface area contributed by atoms with Gasteiger partial charge in [-0.2, -0.15) is 0 Å². The minimum absolute atomic E-state index is 0.284. The Morgan fingerprint density at radius 1 is 1.43 bits per heavy atom. The lowest BCUT2D eigenvalue weighted by Gasteiger charge is -2.03. The second-order valence-corrected chi connectivity index (χ2v) is 4.88. The van der Waals surface area contributed by atoms with Crippen LogP contribution in [-0.4, -0.2) is 10.9 Å². The summed E-state index contributed by atoms with van der Waals surface area (Å²) < 4.78 is 0. The van der Waals surface area contributed by atoms with E-state index in [9.17, 15) is 4.79 Å². The highest BCUT2D eigenvalue weighted by atomic mass is 32.2. The zero-order valence-corrected chi connectivity index (χ0v) is 10.4. The summed E-state index contributed by atoms with van der Waals surface area (Å²) in [6.07, 6.45) is 8.55. The Balaban J connectivity index is 3.55. The van der Waals surface area contributed by atoms with Gasteiger partial charge in [-0.15, -0.1) is 0 Å². The fourth-order valence-electron chi connectivity index (χ4n) is 1.24. The van der Waals surface area contributed by atoms with Gasteiger partial charge in [-0.05, 0) is 18.1 Å². The van der Waals surface area contributed by atoms with Gasteiger partial charge >= 0.3 is 0 Å². The Kier molecular flexibility index (Phi) is 9.16. The average Bonchev–Trinajstić information content (AvgIpc) is 2.15. The molecule has 0 heterocycles. The molecule has 1 atom stereocenters. The molecule has 0 amide bonds. The van der Waals surface area contributed by atoms with Crippen molar-refractivity contribution in [3.05, 3.63) is 12.2 Å². The van der Waals surface area contributed by atoms with Gasteiger partial charge in [0.25, 0.3) is 0 Å². The molecule has 0 aromatic rings. The van der Waals surface area contributed by atoms with E-state index in [4.69, 9.17) is 0 Å². The predicted molar refractivity (Wildman–Crippen MR) is 65.6 cm³/mol. The second kappa shape index (κ2) is 9.32. The quantitative estimate of drug-likeness (QED) is 0.595. The number of rotatable bonds is 7. The largest absolute Gasteiger partial charge is 0.287 e. The Bertz CT molecular complexity index is 175. The van der Waals surface area contributed by atoms with E-state index in [-0.39, 0.29) is 5.12 Å². The fraction of sp³-hybridized carbons (Fsp3) is 0.750. The molecule has 0 rings (SSSR count). The lowest BCUT2D eigenvalue weighted by Crippen LogP contribution is -1.91. The monoisotopic (exact) mass is 214 g/mol. The van der Waals surface area contributed by atoms with Crippen molar-refractivity contribution < 1.29 is 4.79 Å². The van der Waals surface area contributed by atoms with Crippen molar-refractivity contribution in [3.63, 3.8) is 0 Å². The highest BCUT2D eigenvalue weighted by Gasteiger charge is 1.98. The van der Waals surface area contributed by atoms with Crippen molar-refractivity contribution in [2.24, 2.45) is 5.92 Å². The molecule has 0 fully saturated rings. The highest BCUT2D eigenvalue weighted by molar-refractivity contribution is 8.13. The zero-order valence-electron chi connectivity index (χ0n) is 9.58. The molecular formula is C12H22OS. The molecule has 82 valence electrons. The van der Waals surface area contributed by atoms with Gasteiger partial charge in [0, 0.05) is 6.42 Å². The Hall–Kier alpha value is -0.240. The van der Waals surface area contributed by atoms with Crippen LogP contribution < -0.4 is 0 Å². The van der Waals surface area contributed by atoms with Crippen LogP contribution in [0.1, 0.15) is 46.5 Å². The molecular weight excluding hydrogens is 192 g/mol. The maximum Gasteiger partial charge on any atom is 0.192 e. The van der Waals surface area contributed by atoms with Crippen LogP contribution >= 0.6 is 11.8 Å². The summed E-state index contributed by atoms with van der Waals surface area (Å²) >= 11 is 1.41. The third kappa shape index (κ3) is 8.36. The van der Waals surface area contributed by atoms with E-state index >= 15 is 0 Å². The summed E-state index contributed by atoms with van der Waals surface area (Å²) in [6.45, 7) is 6.43. The van der Waals surface area contributed by atoms with Gasteiger partial charge in [0.1, 0.15) is 0 Å². The van der Waals surface area contributed by atoms with Crippen molar-refractivity contribution in [2.75, 3.05) is 5.75 Å².